The molecule has 0 aliphatic carbocycles. The fourth-order valence-corrected chi connectivity index (χ4v) is 4.06. The van der Waals surface area contributed by atoms with E-state index in [0.29, 0.717) is 29.3 Å². The minimum Gasteiger partial charge on any atom is -0.346 e. The van der Waals surface area contributed by atoms with Crippen molar-refractivity contribution in [2.75, 3.05) is 23.8 Å². The number of urea groups is 1. The summed E-state index contributed by atoms with van der Waals surface area (Å²) in [7, 11) is 1.82. The Morgan fingerprint density at radius 1 is 1.12 bits per heavy atom. The van der Waals surface area contributed by atoms with E-state index in [2.05, 4.69) is 29.1 Å². The van der Waals surface area contributed by atoms with Gasteiger partial charge >= 0.3 is 6.03 Å². The number of halogens is 1. The zero-order valence-corrected chi connectivity index (χ0v) is 19.7. The molecule has 3 heterocycles. The summed E-state index contributed by atoms with van der Waals surface area (Å²) in [6.07, 6.45) is 3.67. The number of carbonyl (C=O) groups excluding carboxylic acids is 1. The van der Waals surface area contributed by atoms with E-state index in [9.17, 15) is 4.79 Å². The summed E-state index contributed by atoms with van der Waals surface area (Å²) in [5.74, 6) is 2.24. The van der Waals surface area contributed by atoms with Crippen molar-refractivity contribution in [2.24, 2.45) is 5.92 Å². The van der Waals surface area contributed by atoms with Gasteiger partial charge in [-0.15, -0.1) is 0 Å². The first-order chi connectivity index (χ1) is 15.2. The number of carbonyl (C=O) groups is 1. The van der Waals surface area contributed by atoms with Gasteiger partial charge in [-0.2, -0.15) is 4.98 Å². The highest BCUT2D eigenvalue weighted by Crippen LogP contribution is 2.28. The number of imidazole rings is 1. The number of amides is 2. The summed E-state index contributed by atoms with van der Waals surface area (Å²) < 4.78 is 2.02. The molecule has 32 heavy (non-hydrogen) atoms. The summed E-state index contributed by atoms with van der Waals surface area (Å²) in [4.78, 5) is 29.9. The van der Waals surface area contributed by atoms with Gasteiger partial charge in [-0.1, -0.05) is 25.4 Å². The molecule has 1 unspecified atom stereocenters. The highest BCUT2D eigenvalue weighted by molar-refractivity contribution is 6.30. The second kappa shape index (κ2) is 8.78. The molecule has 0 saturated carbocycles. The molecule has 3 aromatic rings. The number of benzene rings is 1. The fraction of sp³-hybridized carbons (Fsp3) is 0.391. The molecule has 9 heteroatoms. The average molecular weight is 454 g/mol. The molecule has 1 aliphatic heterocycles. The molecule has 0 bridgehead atoms. The van der Waals surface area contributed by atoms with Gasteiger partial charge in [-0.05, 0) is 50.1 Å². The van der Waals surface area contributed by atoms with Crippen LogP contribution in [0.5, 0.6) is 0 Å². The van der Waals surface area contributed by atoms with Crippen LogP contribution in [0.25, 0.3) is 5.69 Å². The molecule has 1 saturated heterocycles. The van der Waals surface area contributed by atoms with E-state index < -0.39 is 0 Å². The maximum Gasteiger partial charge on any atom is 0.325 e. The molecular weight excluding hydrogens is 426 g/mol. The van der Waals surface area contributed by atoms with Gasteiger partial charge < -0.3 is 14.8 Å². The van der Waals surface area contributed by atoms with Gasteiger partial charge in [0.05, 0.1) is 17.8 Å². The smallest absolute Gasteiger partial charge is 0.325 e. The van der Waals surface area contributed by atoms with Gasteiger partial charge in [-0.25, -0.2) is 14.8 Å². The maximum absolute atomic E-state index is 12.7. The van der Waals surface area contributed by atoms with Crippen LogP contribution in [0.1, 0.15) is 38.3 Å². The number of aryl methyl sites for hydroxylation is 1. The van der Waals surface area contributed by atoms with E-state index >= 15 is 0 Å². The highest BCUT2D eigenvalue weighted by atomic mass is 35.5. The van der Waals surface area contributed by atoms with Crippen molar-refractivity contribution in [3.05, 3.63) is 59.3 Å². The van der Waals surface area contributed by atoms with Crippen LogP contribution >= 0.6 is 11.6 Å². The lowest BCUT2D eigenvalue weighted by molar-refractivity contribution is 0.229. The van der Waals surface area contributed by atoms with Gasteiger partial charge in [-0.3, -0.25) is 4.90 Å². The van der Waals surface area contributed by atoms with Crippen LogP contribution < -0.4 is 10.2 Å². The molecular formula is C23H28ClN7O. The second-order valence-corrected chi connectivity index (χ2v) is 8.94. The normalized spacial score (nSPS) is 17.3. The number of rotatable bonds is 6. The summed E-state index contributed by atoms with van der Waals surface area (Å²) in [5.41, 5.74) is 1.86. The van der Waals surface area contributed by atoms with E-state index in [-0.39, 0.29) is 18.1 Å². The van der Waals surface area contributed by atoms with Gasteiger partial charge in [0.1, 0.15) is 11.6 Å². The monoisotopic (exact) mass is 453 g/mol. The Kier molecular flexibility index (Phi) is 6.06. The van der Waals surface area contributed by atoms with Crippen molar-refractivity contribution in [1.82, 2.24) is 24.4 Å². The van der Waals surface area contributed by atoms with Crippen LogP contribution in [0.4, 0.5) is 16.6 Å². The number of hydrogen-bond acceptors (Lipinski definition) is 5. The fourth-order valence-electron chi connectivity index (χ4n) is 3.93. The Balaban J connectivity index is 1.55. The molecule has 1 N–H and O–H groups in total. The molecule has 1 aliphatic rings. The molecule has 2 amide bonds. The zero-order chi connectivity index (χ0) is 23.0. The molecule has 1 fully saturated rings. The van der Waals surface area contributed by atoms with E-state index in [4.69, 9.17) is 16.6 Å². The average Bonchev–Trinajstić information content (AvgIpc) is 3.29. The Bertz CT molecular complexity index is 1110. The van der Waals surface area contributed by atoms with Gasteiger partial charge in [0.15, 0.2) is 0 Å². The van der Waals surface area contributed by atoms with Crippen LogP contribution in [0.2, 0.25) is 5.02 Å². The minimum absolute atomic E-state index is 0.0428. The van der Waals surface area contributed by atoms with Crippen LogP contribution in [-0.2, 0) is 0 Å². The molecule has 2 aromatic heterocycles. The van der Waals surface area contributed by atoms with E-state index in [1.54, 1.807) is 22.1 Å². The molecule has 0 radical (unpaired) electrons. The van der Waals surface area contributed by atoms with E-state index in [0.717, 1.165) is 17.2 Å². The lowest BCUT2D eigenvalue weighted by Crippen LogP contribution is -2.38. The number of hydrogen-bond donors (Lipinski definition) is 1. The summed E-state index contributed by atoms with van der Waals surface area (Å²) in [5, 5.41) is 4.02. The zero-order valence-electron chi connectivity index (χ0n) is 19.0. The van der Waals surface area contributed by atoms with Crippen LogP contribution in [0.3, 0.4) is 0 Å². The minimum atomic E-state index is -0.129. The molecule has 1 aromatic carbocycles. The topological polar surface area (TPSA) is 79.2 Å². The standard InChI is InChI=1S/C23H28ClN7O/c1-14(2)20-13-29(5)23(32)31(20)21-10-11-25-22(28-21)26-15(3)19-12-30(16(4)27-19)18-8-6-17(24)7-9-18/h6-12,14-15,20H,13H2,1-5H3,(H,25,26,28)/t15-,20?/m0/s1. The molecule has 8 nitrogen and oxygen atoms in total. The van der Waals surface area contributed by atoms with Gasteiger partial charge in [0, 0.05) is 36.7 Å². The summed E-state index contributed by atoms with van der Waals surface area (Å²) in [6.45, 7) is 8.89. The Morgan fingerprint density at radius 2 is 1.84 bits per heavy atom. The molecule has 4 rings (SSSR count). The lowest BCUT2D eigenvalue weighted by atomic mass is 10.0. The predicted molar refractivity (Wildman–Crippen MR) is 127 cm³/mol. The third-order valence-corrected chi connectivity index (χ3v) is 6.03. The van der Waals surface area contributed by atoms with E-state index in [1.165, 1.54) is 0 Å². The maximum atomic E-state index is 12.7. The lowest BCUT2D eigenvalue weighted by Gasteiger charge is -2.25. The Labute approximate surface area is 193 Å². The van der Waals surface area contributed by atoms with Crippen molar-refractivity contribution in [3.63, 3.8) is 0 Å². The van der Waals surface area contributed by atoms with Crippen molar-refractivity contribution in [2.45, 2.75) is 39.8 Å². The Morgan fingerprint density at radius 3 is 2.53 bits per heavy atom. The molecule has 168 valence electrons. The predicted octanol–water partition coefficient (Wildman–Crippen LogP) is 4.69. The number of aromatic nitrogens is 4. The molecule has 2 atom stereocenters. The number of nitrogens with one attached hydrogen (secondary N) is 1. The number of nitrogens with zero attached hydrogens (tertiary/aromatic N) is 6. The van der Waals surface area contributed by atoms with Crippen LogP contribution in [0.15, 0.2) is 42.7 Å². The quantitative estimate of drug-likeness (QED) is 0.585. The number of anilines is 2. The van der Waals surface area contributed by atoms with Crippen molar-refractivity contribution >= 4 is 29.4 Å². The number of likely N-dealkylation sites (N-methyl/N-ethyl adjacent to an activating group) is 1. The van der Waals surface area contributed by atoms with Crippen molar-refractivity contribution in [3.8, 4) is 5.69 Å². The summed E-state index contributed by atoms with van der Waals surface area (Å²) >= 11 is 6.01. The highest BCUT2D eigenvalue weighted by Gasteiger charge is 2.38. The van der Waals surface area contributed by atoms with Crippen molar-refractivity contribution in [1.29, 1.82) is 0 Å². The van der Waals surface area contributed by atoms with Gasteiger partial charge in [0.2, 0.25) is 5.95 Å². The van der Waals surface area contributed by atoms with Crippen LogP contribution in [0, 0.1) is 12.8 Å². The first-order valence-corrected chi connectivity index (χ1v) is 11.1. The third kappa shape index (κ3) is 4.27. The summed E-state index contributed by atoms with van der Waals surface area (Å²) in [6, 6.07) is 9.32. The second-order valence-electron chi connectivity index (χ2n) is 8.51. The SMILES string of the molecule is Cc1nc([C@H](C)Nc2nccc(N3C(=O)N(C)CC3C(C)C)n2)cn1-c1ccc(Cl)cc1. The van der Waals surface area contributed by atoms with Gasteiger partial charge in [0.25, 0.3) is 0 Å². The Hall–Kier alpha value is -3.13. The molecule has 0 spiro atoms. The van der Waals surface area contributed by atoms with Crippen LogP contribution in [-0.4, -0.2) is 50.1 Å². The first kappa shape index (κ1) is 22.1. The van der Waals surface area contributed by atoms with E-state index in [1.807, 2.05) is 55.9 Å². The third-order valence-electron chi connectivity index (χ3n) is 5.78. The van der Waals surface area contributed by atoms with Crippen molar-refractivity contribution < 1.29 is 4.79 Å². The first-order valence-electron chi connectivity index (χ1n) is 10.7. The largest absolute Gasteiger partial charge is 0.346 e.